The number of anilines is 1. The number of rotatable bonds is 1. The molecule has 86 valence electrons. The van der Waals surface area contributed by atoms with E-state index in [0.717, 1.165) is 31.7 Å². The van der Waals surface area contributed by atoms with Crippen molar-refractivity contribution < 1.29 is 0 Å². The number of nitrogens with zero attached hydrogens (tertiary/aromatic N) is 2. The summed E-state index contributed by atoms with van der Waals surface area (Å²) in [5, 5.41) is 0. The Hall–Kier alpha value is -1.09. The summed E-state index contributed by atoms with van der Waals surface area (Å²) in [6, 6.07) is 2.68. The highest BCUT2D eigenvalue weighted by Gasteiger charge is 2.19. The zero-order valence-corrected chi connectivity index (χ0v) is 9.65. The summed E-state index contributed by atoms with van der Waals surface area (Å²) in [5.41, 5.74) is 8.89. The second kappa shape index (κ2) is 4.06. The molecular weight excluding hydrogens is 198 g/mol. The smallest absolute Gasteiger partial charge is 0.128 e. The van der Waals surface area contributed by atoms with E-state index in [1.54, 1.807) is 0 Å². The van der Waals surface area contributed by atoms with Crippen molar-refractivity contribution in [3.05, 3.63) is 23.4 Å². The number of aromatic nitrogens is 1. The van der Waals surface area contributed by atoms with Crippen LogP contribution in [-0.4, -0.2) is 24.1 Å². The molecule has 2 N–H and O–H groups in total. The first-order chi connectivity index (χ1) is 7.83. The van der Waals surface area contributed by atoms with Gasteiger partial charge in [-0.1, -0.05) is 0 Å². The highest BCUT2D eigenvalue weighted by molar-refractivity contribution is 5.45. The second-order valence-electron chi connectivity index (χ2n) is 4.99. The van der Waals surface area contributed by atoms with Crippen LogP contribution in [0.25, 0.3) is 0 Å². The fraction of sp³-hybridized carbons (Fsp3) is 0.615. The van der Waals surface area contributed by atoms with E-state index in [0.29, 0.717) is 6.04 Å². The Morgan fingerprint density at radius 2 is 1.94 bits per heavy atom. The van der Waals surface area contributed by atoms with Crippen molar-refractivity contribution in [3.8, 4) is 0 Å². The van der Waals surface area contributed by atoms with Gasteiger partial charge in [0, 0.05) is 25.3 Å². The van der Waals surface area contributed by atoms with E-state index in [2.05, 4.69) is 22.1 Å². The Labute approximate surface area is 96.7 Å². The molecule has 0 bridgehead atoms. The Morgan fingerprint density at radius 1 is 1.19 bits per heavy atom. The largest absolute Gasteiger partial charge is 0.356 e. The summed E-state index contributed by atoms with van der Waals surface area (Å²) < 4.78 is 0. The van der Waals surface area contributed by atoms with Crippen LogP contribution in [0.1, 0.15) is 30.4 Å². The SMILES string of the molecule is NC1CCN(c2cc3c(cn2)CCC3)CC1. The molecule has 2 heterocycles. The van der Waals surface area contributed by atoms with Crippen LogP contribution in [0.4, 0.5) is 5.82 Å². The minimum Gasteiger partial charge on any atom is -0.356 e. The van der Waals surface area contributed by atoms with E-state index >= 15 is 0 Å². The van der Waals surface area contributed by atoms with Crippen molar-refractivity contribution >= 4 is 5.82 Å². The number of aryl methyl sites for hydroxylation is 2. The van der Waals surface area contributed by atoms with E-state index in [1.165, 1.54) is 30.4 Å². The van der Waals surface area contributed by atoms with E-state index in [9.17, 15) is 0 Å². The van der Waals surface area contributed by atoms with Gasteiger partial charge in [0.25, 0.3) is 0 Å². The van der Waals surface area contributed by atoms with E-state index in [4.69, 9.17) is 5.73 Å². The molecule has 0 atom stereocenters. The third-order valence-corrected chi connectivity index (χ3v) is 3.82. The monoisotopic (exact) mass is 217 g/mol. The first-order valence-electron chi connectivity index (χ1n) is 6.31. The molecule has 1 fully saturated rings. The van der Waals surface area contributed by atoms with Crippen LogP contribution in [0.15, 0.2) is 12.3 Å². The van der Waals surface area contributed by atoms with Gasteiger partial charge in [-0.3, -0.25) is 0 Å². The summed E-state index contributed by atoms with van der Waals surface area (Å²) in [5.74, 6) is 1.16. The summed E-state index contributed by atoms with van der Waals surface area (Å²) >= 11 is 0. The number of nitrogens with two attached hydrogens (primary N) is 1. The van der Waals surface area contributed by atoms with Crippen LogP contribution in [0.2, 0.25) is 0 Å². The number of hydrogen-bond donors (Lipinski definition) is 1. The predicted molar refractivity (Wildman–Crippen MR) is 65.7 cm³/mol. The van der Waals surface area contributed by atoms with Crippen LogP contribution >= 0.6 is 0 Å². The molecule has 1 aromatic rings. The molecule has 0 spiro atoms. The average molecular weight is 217 g/mol. The first kappa shape index (κ1) is 10.1. The maximum Gasteiger partial charge on any atom is 0.128 e. The number of piperidine rings is 1. The number of hydrogen-bond acceptors (Lipinski definition) is 3. The van der Waals surface area contributed by atoms with Crippen LogP contribution in [0.5, 0.6) is 0 Å². The van der Waals surface area contributed by atoms with Gasteiger partial charge in [-0.2, -0.15) is 0 Å². The molecule has 1 aliphatic heterocycles. The fourth-order valence-electron chi connectivity index (χ4n) is 2.74. The Bertz CT molecular complexity index is 381. The highest BCUT2D eigenvalue weighted by atomic mass is 15.2. The predicted octanol–water partition coefficient (Wildman–Crippen LogP) is 1.50. The van der Waals surface area contributed by atoms with Crippen molar-refractivity contribution in [3.63, 3.8) is 0 Å². The Balaban J connectivity index is 1.79. The third kappa shape index (κ3) is 1.80. The summed E-state index contributed by atoms with van der Waals surface area (Å²) in [4.78, 5) is 6.96. The van der Waals surface area contributed by atoms with Crippen molar-refractivity contribution in [2.45, 2.75) is 38.1 Å². The summed E-state index contributed by atoms with van der Waals surface area (Å²) in [6.07, 6.45) is 8.01. The van der Waals surface area contributed by atoms with Crippen molar-refractivity contribution in [2.75, 3.05) is 18.0 Å². The fourth-order valence-corrected chi connectivity index (χ4v) is 2.74. The molecule has 0 unspecified atom stereocenters. The van der Waals surface area contributed by atoms with Crippen molar-refractivity contribution in [2.24, 2.45) is 5.73 Å². The number of pyridine rings is 1. The van der Waals surface area contributed by atoms with Gasteiger partial charge in [0.15, 0.2) is 0 Å². The summed E-state index contributed by atoms with van der Waals surface area (Å²) in [6.45, 7) is 2.12. The van der Waals surface area contributed by atoms with Gasteiger partial charge in [-0.05, 0) is 49.3 Å². The third-order valence-electron chi connectivity index (χ3n) is 3.82. The van der Waals surface area contributed by atoms with Gasteiger partial charge in [0.2, 0.25) is 0 Å². The van der Waals surface area contributed by atoms with E-state index < -0.39 is 0 Å². The second-order valence-corrected chi connectivity index (χ2v) is 4.99. The Kier molecular flexibility index (Phi) is 2.56. The van der Waals surface area contributed by atoms with Gasteiger partial charge in [0.1, 0.15) is 5.82 Å². The van der Waals surface area contributed by atoms with Crippen molar-refractivity contribution in [1.29, 1.82) is 0 Å². The molecule has 3 heteroatoms. The maximum absolute atomic E-state index is 5.92. The van der Waals surface area contributed by atoms with Crippen LogP contribution in [-0.2, 0) is 12.8 Å². The lowest BCUT2D eigenvalue weighted by Crippen LogP contribution is -2.40. The highest BCUT2D eigenvalue weighted by Crippen LogP contribution is 2.25. The zero-order valence-electron chi connectivity index (χ0n) is 9.65. The molecule has 16 heavy (non-hydrogen) atoms. The van der Waals surface area contributed by atoms with Gasteiger partial charge in [0.05, 0.1) is 0 Å². The molecule has 3 rings (SSSR count). The van der Waals surface area contributed by atoms with Crippen LogP contribution < -0.4 is 10.6 Å². The van der Waals surface area contributed by atoms with Crippen LogP contribution in [0.3, 0.4) is 0 Å². The lowest BCUT2D eigenvalue weighted by Gasteiger charge is -2.31. The molecule has 3 nitrogen and oxygen atoms in total. The standard InChI is InChI=1S/C13H19N3/c14-12-4-6-16(7-5-12)13-8-10-2-1-3-11(10)9-15-13/h8-9,12H,1-7,14H2. The van der Waals surface area contributed by atoms with Gasteiger partial charge in [-0.15, -0.1) is 0 Å². The molecule has 1 aliphatic carbocycles. The minimum atomic E-state index is 0.394. The van der Waals surface area contributed by atoms with Gasteiger partial charge < -0.3 is 10.6 Å². The molecule has 1 saturated heterocycles. The van der Waals surface area contributed by atoms with Crippen LogP contribution in [0, 0.1) is 0 Å². The number of fused-ring (bicyclic) bond motifs is 1. The lowest BCUT2D eigenvalue weighted by molar-refractivity contribution is 0.498. The molecule has 0 aromatic carbocycles. The first-order valence-corrected chi connectivity index (χ1v) is 6.31. The molecule has 2 aliphatic rings. The zero-order chi connectivity index (χ0) is 11.0. The molecule has 0 radical (unpaired) electrons. The maximum atomic E-state index is 5.92. The molecule has 1 aromatic heterocycles. The van der Waals surface area contributed by atoms with Crippen molar-refractivity contribution in [1.82, 2.24) is 4.98 Å². The normalized spacial score (nSPS) is 21.2. The Morgan fingerprint density at radius 3 is 2.75 bits per heavy atom. The van der Waals surface area contributed by atoms with E-state index in [1.807, 2.05) is 0 Å². The molecule has 0 amide bonds. The van der Waals surface area contributed by atoms with Gasteiger partial charge in [-0.25, -0.2) is 4.98 Å². The van der Waals surface area contributed by atoms with E-state index in [-0.39, 0.29) is 0 Å². The lowest BCUT2D eigenvalue weighted by atomic mass is 10.1. The summed E-state index contributed by atoms with van der Waals surface area (Å²) in [7, 11) is 0. The molecule has 0 saturated carbocycles. The molecular formula is C13H19N3. The minimum absolute atomic E-state index is 0.394. The van der Waals surface area contributed by atoms with Gasteiger partial charge >= 0.3 is 0 Å². The quantitative estimate of drug-likeness (QED) is 0.775. The average Bonchev–Trinajstić information content (AvgIpc) is 2.77. The topological polar surface area (TPSA) is 42.1 Å².